The maximum atomic E-state index is 12.1. The summed E-state index contributed by atoms with van der Waals surface area (Å²) in [4.78, 5) is 22.0. The average Bonchev–Trinajstić information content (AvgIpc) is 3.38. The lowest BCUT2D eigenvalue weighted by molar-refractivity contribution is -0.113. The fourth-order valence-corrected chi connectivity index (χ4v) is 5.07. The first-order chi connectivity index (χ1) is 15.0. The number of amides is 1. The van der Waals surface area contributed by atoms with Crippen LogP contribution in [-0.2, 0) is 4.79 Å². The third kappa shape index (κ3) is 5.27. The van der Waals surface area contributed by atoms with Crippen LogP contribution in [0.4, 0.5) is 5.13 Å². The van der Waals surface area contributed by atoms with E-state index in [4.69, 9.17) is 4.74 Å². The summed E-state index contributed by atoms with van der Waals surface area (Å²) in [5.74, 6) is 0.938. The van der Waals surface area contributed by atoms with E-state index in [2.05, 4.69) is 25.5 Å². The number of hydrogen-bond donors (Lipinski definition) is 1. The molecule has 31 heavy (non-hydrogen) atoms. The van der Waals surface area contributed by atoms with Crippen molar-refractivity contribution in [3.05, 3.63) is 53.2 Å². The molecule has 0 radical (unpaired) electrons. The number of hydrogen-bond acceptors (Lipinski definition) is 9. The molecule has 0 saturated carbocycles. The maximum Gasteiger partial charge on any atom is 0.236 e. The van der Waals surface area contributed by atoms with Crippen LogP contribution in [0.5, 0.6) is 5.75 Å². The Kier molecular flexibility index (Phi) is 6.59. The van der Waals surface area contributed by atoms with Gasteiger partial charge in [0.05, 0.1) is 29.1 Å². The van der Waals surface area contributed by atoms with Gasteiger partial charge in [0.1, 0.15) is 21.5 Å². The molecule has 3 aromatic heterocycles. The van der Waals surface area contributed by atoms with Crippen molar-refractivity contribution >= 4 is 45.5 Å². The molecule has 0 bridgehead atoms. The van der Waals surface area contributed by atoms with Gasteiger partial charge in [-0.3, -0.25) is 4.79 Å². The van der Waals surface area contributed by atoms with E-state index in [0.29, 0.717) is 10.2 Å². The van der Waals surface area contributed by atoms with Crippen molar-refractivity contribution in [1.29, 1.82) is 0 Å². The Balaban J connectivity index is 1.40. The Morgan fingerprint density at radius 1 is 1.10 bits per heavy atom. The number of ether oxygens (including phenoxy) is 1. The number of aryl methyl sites for hydroxylation is 2. The van der Waals surface area contributed by atoms with Gasteiger partial charge in [0.2, 0.25) is 5.91 Å². The van der Waals surface area contributed by atoms with E-state index in [9.17, 15) is 4.79 Å². The molecule has 0 unspecified atom stereocenters. The molecule has 158 valence electrons. The molecule has 1 N–H and O–H groups in total. The molecule has 3 heterocycles. The highest BCUT2D eigenvalue weighted by Gasteiger charge is 2.14. The van der Waals surface area contributed by atoms with Crippen molar-refractivity contribution in [2.45, 2.75) is 18.9 Å². The van der Waals surface area contributed by atoms with Crippen LogP contribution in [0.3, 0.4) is 0 Å². The van der Waals surface area contributed by atoms with Crippen molar-refractivity contribution < 1.29 is 9.53 Å². The SMILES string of the molecule is COc1ccc(-c2nc(C)c(-c3ccc(SCC(=O)Nc4nc(C)cs4)nn3)s2)cc1. The second kappa shape index (κ2) is 9.54. The average molecular weight is 470 g/mol. The first-order valence-electron chi connectivity index (χ1n) is 9.32. The minimum atomic E-state index is -0.118. The zero-order valence-electron chi connectivity index (χ0n) is 17.1. The number of anilines is 1. The summed E-state index contributed by atoms with van der Waals surface area (Å²) >= 11 is 4.32. The Hall–Kier alpha value is -2.82. The van der Waals surface area contributed by atoms with Gasteiger partial charge in [-0.1, -0.05) is 11.8 Å². The molecule has 0 atom stereocenters. The van der Waals surface area contributed by atoms with E-state index in [1.54, 1.807) is 18.4 Å². The van der Waals surface area contributed by atoms with Crippen molar-refractivity contribution in [1.82, 2.24) is 20.2 Å². The van der Waals surface area contributed by atoms with Crippen LogP contribution in [0.25, 0.3) is 21.1 Å². The smallest absolute Gasteiger partial charge is 0.236 e. The van der Waals surface area contributed by atoms with Gasteiger partial charge >= 0.3 is 0 Å². The number of thioether (sulfide) groups is 1. The molecule has 4 rings (SSSR count). The Morgan fingerprint density at radius 2 is 1.90 bits per heavy atom. The first kappa shape index (κ1) is 21.4. The lowest BCUT2D eigenvalue weighted by atomic mass is 10.2. The van der Waals surface area contributed by atoms with Crippen molar-refractivity contribution in [3.8, 4) is 26.9 Å². The number of nitrogens with zero attached hydrogens (tertiary/aromatic N) is 4. The van der Waals surface area contributed by atoms with Crippen molar-refractivity contribution in [2.75, 3.05) is 18.2 Å². The number of rotatable bonds is 7. The fraction of sp³-hybridized carbons (Fsp3) is 0.190. The molecule has 4 aromatic rings. The second-order valence-corrected chi connectivity index (χ2v) is 9.40. The van der Waals surface area contributed by atoms with E-state index >= 15 is 0 Å². The van der Waals surface area contributed by atoms with E-state index in [-0.39, 0.29) is 11.7 Å². The fourth-order valence-electron chi connectivity index (χ4n) is 2.72. The van der Waals surface area contributed by atoms with Crippen molar-refractivity contribution in [3.63, 3.8) is 0 Å². The predicted octanol–water partition coefficient (Wildman–Crippen LogP) is 5.08. The molecule has 1 amide bonds. The molecule has 0 spiro atoms. The Bertz CT molecular complexity index is 1190. The summed E-state index contributed by atoms with van der Waals surface area (Å²) in [6, 6.07) is 11.6. The Labute approximate surface area is 192 Å². The van der Waals surface area contributed by atoms with Gasteiger partial charge in [0.15, 0.2) is 5.13 Å². The summed E-state index contributed by atoms with van der Waals surface area (Å²) in [6.07, 6.45) is 0. The first-order valence-corrected chi connectivity index (χ1v) is 12.0. The lowest BCUT2D eigenvalue weighted by Gasteiger charge is -2.02. The highest BCUT2D eigenvalue weighted by molar-refractivity contribution is 7.99. The zero-order valence-corrected chi connectivity index (χ0v) is 19.5. The van der Waals surface area contributed by atoms with Crippen LogP contribution in [0.2, 0.25) is 0 Å². The van der Waals surface area contributed by atoms with Gasteiger partial charge in [0.25, 0.3) is 0 Å². The summed E-state index contributed by atoms with van der Waals surface area (Å²) < 4.78 is 5.21. The maximum absolute atomic E-state index is 12.1. The molecule has 0 aliphatic rings. The highest BCUT2D eigenvalue weighted by Crippen LogP contribution is 2.35. The third-order valence-electron chi connectivity index (χ3n) is 4.22. The van der Waals surface area contributed by atoms with E-state index in [1.807, 2.05) is 55.6 Å². The lowest BCUT2D eigenvalue weighted by Crippen LogP contribution is -2.14. The largest absolute Gasteiger partial charge is 0.497 e. The molecule has 0 aliphatic heterocycles. The van der Waals surface area contributed by atoms with Crippen LogP contribution in [-0.4, -0.2) is 38.9 Å². The Morgan fingerprint density at radius 3 is 2.55 bits per heavy atom. The molecule has 0 aliphatic carbocycles. The normalized spacial score (nSPS) is 10.8. The van der Waals surface area contributed by atoms with Crippen LogP contribution >= 0.6 is 34.4 Å². The number of nitrogens with one attached hydrogen (secondary N) is 1. The number of carbonyl (C=O) groups excluding carboxylic acids is 1. The van der Waals surface area contributed by atoms with Crippen LogP contribution in [0, 0.1) is 13.8 Å². The van der Waals surface area contributed by atoms with Crippen LogP contribution in [0.1, 0.15) is 11.4 Å². The van der Waals surface area contributed by atoms with E-state index in [0.717, 1.165) is 38.3 Å². The van der Waals surface area contributed by atoms with Gasteiger partial charge < -0.3 is 10.1 Å². The van der Waals surface area contributed by atoms with Gasteiger partial charge in [-0.25, -0.2) is 9.97 Å². The van der Waals surface area contributed by atoms with Crippen LogP contribution in [0.15, 0.2) is 46.8 Å². The van der Waals surface area contributed by atoms with Crippen LogP contribution < -0.4 is 10.1 Å². The van der Waals surface area contributed by atoms with Crippen molar-refractivity contribution in [2.24, 2.45) is 0 Å². The zero-order chi connectivity index (χ0) is 21.8. The number of aromatic nitrogens is 4. The monoisotopic (exact) mass is 469 g/mol. The number of methoxy groups -OCH3 is 1. The second-order valence-electron chi connectivity index (χ2n) is 6.55. The topological polar surface area (TPSA) is 89.9 Å². The summed E-state index contributed by atoms with van der Waals surface area (Å²) in [7, 11) is 1.65. The summed E-state index contributed by atoms with van der Waals surface area (Å²) in [6.45, 7) is 3.86. The number of benzene rings is 1. The molecule has 0 fully saturated rings. The van der Waals surface area contributed by atoms with E-state index in [1.165, 1.54) is 23.1 Å². The predicted molar refractivity (Wildman–Crippen MR) is 126 cm³/mol. The molecule has 1 aromatic carbocycles. The molecule has 7 nitrogen and oxygen atoms in total. The minimum absolute atomic E-state index is 0.118. The highest BCUT2D eigenvalue weighted by atomic mass is 32.2. The van der Waals surface area contributed by atoms with Gasteiger partial charge in [0, 0.05) is 10.9 Å². The van der Waals surface area contributed by atoms with E-state index < -0.39 is 0 Å². The molecule has 10 heteroatoms. The summed E-state index contributed by atoms with van der Waals surface area (Å²) in [5.41, 5.74) is 3.59. The minimum Gasteiger partial charge on any atom is -0.497 e. The van der Waals surface area contributed by atoms with Gasteiger partial charge in [-0.2, -0.15) is 0 Å². The van der Waals surface area contributed by atoms with Gasteiger partial charge in [-0.05, 0) is 50.2 Å². The molecular weight excluding hydrogens is 450 g/mol. The number of carbonyl (C=O) groups is 1. The molecule has 0 saturated heterocycles. The molecular formula is C21H19N5O2S3. The third-order valence-corrected chi connectivity index (χ3v) is 7.25. The quantitative estimate of drug-likeness (QED) is 0.378. The number of thiazole rings is 2. The standard InChI is InChI=1S/C21H19N5O2S3/c1-12-10-30-21(22-12)24-17(27)11-29-18-9-8-16(25-26-18)19-13(2)23-20(31-19)14-4-6-15(28-3)7-5-14/h4-10H,11H2,1-3H3,(H,22,24,27). The van der Waals surface area contributed by atoms with Gasteiger partial charge in [-0.15, -0.1) is 32.9 Å². The summed E-state index contributed by atoms with van der Waals surface area (Å²) in [5, 5.41) is 15.5.